The van der Waals surface area contributed by atoms with Crippen molar-refractivity contribution in [2.75, 3.05) is 0 Å². The molecule has 0 unspecified atom stereocenters. The molecule has 2 heterocycles. The third kappa shape index (κ3) is 1.52. The number of benzene rings is 2. The fraction of sp³-hybridized carbons (Fsp3) is 0.0556. The summed E-state index contributed by atoms with van der Waals surface area (Å²) in [6, 6.07) is 19.6. The summed E-state index contributed by atoms with van der Waals surface area (Å²) < 4.78 is 2.21. The molecule has 0 saturated heterocycles. The van der Waals surface area contributed by atoms with E-state index in [0.29, 0.717) is 0 Å². The van der Waals surface area contributed by atoms with Gasteiger partial charge in [0.2, 0.25) is 5.52 Å². The minimum atomic E-state index is 1.29. The SMILES string of the molecule is Cc1ccc2cc[n+]3ccc4ccccc4c3c2c1. The zero-order valence-electron chi connectivity index (χ0n) is 10.8. The molecule has 4 aromatic rings. The van der Waals surface area contributed by atoms with Gasteiger partial charge < -0.3 is 0 Å². The van der Waals surface area contributed by atoms with Gasteiger partial charge in [-0.25, -0.2) is 0 Å². The number of aryl methyl sites for hydroxylation is 1. The lowest BCUT2D eigenvalue weighted by Gasteiger charge is -2.03. The summed E-state index contributed by atoms with van der Waals surface area (Å²) in [5.74, 6) is 0. The Balaban J connectivity index is 2.36. The van der Waals surface area contributed by atoms with Crippen molar-refractivity contribution in [1.29, 1.82) is 0 Å². The van der Waals surface area contributed by atoms with Gasteiger partial charge >= 0.3 is 0 Å². The normalized spacial score (nSPS) is 11.4. The topological polar surface area (TPSA) is 4.10 Å². The molecule has 0 atom stereocenters. The van der Waals surface area contributed by atoms with Crippen molar-refractivity contribution in [2.45, 2.75) is 6.92 Å². The van der Waals surface area contributed by atoms with Crippen molar-refractivity contribution in [2.24, 2.45) is 0 Å². The van der Waals surface area contributed by atoms with Crippen molar-refractivity contribution in [1.82, 2.24) is 0 Å². The summed E-state index contributed by atoms with van der Waals surface area (Å²) in [4.78, 5) is 0. The average Bonchev–Trinajstić information content (AvgIpc) is 2.46. The third-order valence-corrected chi connectivity index (χ3v) is 3.77. The fourth-order valence-electron chi connectivity index (χ4n) is 2.82. The predicted octanol–water partition coefficient (Wildman–Crippen LogP) is 4.04. The van der Waals surface area contributed by atoms with Crippen LogP contribution in [0.25, 0.3) is 27.1 Å². The number of nitrogens with zero attached hydrogens (tertiary/aromatic N) is 1. The highest BCUT2D eigenvalue weighted by atomic mass is 14.8. The smallest absolute Gasteiger partial charge is 0.166 e. The first kappa shape index (κ1) is 10.5. The molecule has 0 saturated carbocycles. The Morgan fingerprint density at radius 3 is 2.32 bits per heavy atom. The van der Waals surface area contributed by atoms with Gasteiger partial charge in [0, 0.05) is 12.1 Å². The van der Waals surface area contributed by atoms with Gasteiger partial charge in [-0.2, -0.15) is 4.40 Å². The van der Waals surface area contributed by atoms with E-state index in [0.717, 1.165) is 0 Å². The Kier molecular flexibility index (Phi) is 2.10. The monoisotopic (exact) mass is 244 g/mol. The van der Waals surface area contributed by atoms with Gasteiger partial charge in [-0.3, -0.25) is 0 Å². The summed E-state index contributed by atoms with van der Waals surface area (Å²) in [7, 11) is 0. The van der Waals surface area contributed by atoms with Gasteiger partial charge in [0.1, 0.15) is 0 Å². The molecule has 1 heteroatoms. The summed E-state index contributed by atoms with van der Waals surface area (Å²) in [5, 5.41) is 5.21. The van der Waals surface area contributed by atoms with Crippen LogP contribution in [-0.4, -0.2) is 0 Å². The Morgan fingerprint density at radius 2 is 1.47 bits per heavy atom. The molecule has 1 nitrogen and oxygen atoms in total. The fourth-order valence-corrected chi connectivity index (χ4v) is 2.82. The van der Waals surface area contributed by atoms with Gasteiger partial charge in [0.15, 0.2) is 12.4 Å². The van der Waals surface area contributed by atoms with Crippen LogP contribution in [0.4, 0.5) is 0 Å². The van der Waals surface area contributed by atoms with Crippen LogP contribution in [0.1, 0.15) is 5.56 Å². The maximum absolute atomic E-state index is 2.27. The van der Waals surface area contributed by atoms with Gasteiger partial charge in [0.05, 0.1) is 10.8 Å². The van der Waals surface area contributed by atoms with Crippen molar-refractivity contribution in [3.8, 4) is 0 Å². The molecule has 2 aromatic heterocycles. The molecule has 90 valence electrons. The van der Waals surface area contributed by atoms with Crippen LogP contribution in [-0.2, 0) is 0 Å². The minimum Gasteiger partial charge on any atom is -0.166 e. The Bertz CT molecular complexity index is 917. The summed E-state index contributed by atoms with van der Waals surface area (Å²) >= 11 is 0. The highest BCUT2D eigenvalue weighted by molar-refractivity contribution is 6.07. The zero-order valence-corrected chi connectivity index (χ0v) is 10.8. The van der Waals surface area contributed by atoms with Crippen LogP contribution < -0.4 is 4.40 Å². The molecule has 0 bridgehead atoms. The molecular weight excluding hydrogens is 230 g/mol. The van der Waals surface area contributed by atoms with E-state index in [4.69, 9.17) is 0 Å². The van der Waals surface area contributed by atoms with Gasteiger partial charge in [-0.1, -0.05) is 35.9 Å². The second kappa shape index (κ2) is 3.79. The molecule has 2 aromatic carbocycles. The maximum Gasteiger partial charge on any atom is 0.226 e. The predicted molar refractivity (Wildman–Crippen MR) is 79.4 cm³/mol. The number of fused-ring (bicyclic) bond motifs is 5. The summed E-state index contributed by atoms with van der Waals surface area (Å²) in [6.07, 6.45) is 4.28. The Morgan fingerprint density at radius 1 is 0.737 bits per heavy atom. The molecule has 0 spiro atoms. The minimum absolute atomic E-state index is 1.29. The molecule has 0 amide bonds. The van der Waals surface area contributed by atoms with Crippen molar-refractivity contribution >= 4 is 27.1 Å². The molecule has 0 radical (unpaired) electrons. The van der Waals surface area contributed by atoms with E-state index in [1.54, 1.807) is 0 Å². The van der Waals surface area contributed by atoms with Gasteiger partial charge in [-0.05, 0) is 29.8 Å². The highest BCUT2D eigenvalue weighted by Crippen LogP contribution is 2.24. The average molecular weight is 244 g/mol. The molecule has 0 N–H and O–H groups in total. The lowest BCUT2D eigenvalue weighted by atomic mass is 10.0. The van der Waals surface area contributed by atoms with Crippen LogP contribution in [0.15, 0.2) is 67.0 Å². The third-order valence-electron chi connectivity index (χ3n) is 3.77. The quantitative estimate of drug-likeness (QED) is 0.325. The first-order valence-corrected chi connectivity index (χ1v) is 6.55. The largest absolute Gasteiger partial charge is 0.226 e. The lowest BCUT2D eigenvalue weighted by molar-refractivity contribution is -0.509. The van der Waals surface area contributed by atoms with Crippen LogP contribution in [0.3, 0.4) is 0 Å². The number of rotatable bonds is 0. The number of pyridine rings is 2. The van der Waals surface area contributed by atoms with Crippen LogP contribution in [0.2, 0.25) is 0 Å². The van der Waals surface area contributed by atoms with E-state index in [9.17, 15) is 0 Å². The Hall–Kier alpha value is -2.41. The Labute approximate surface area is 111 Å². The van der Waals surface area contributed by atoms with E-state index < -0.39 is 0 Å². The molecular formula is C18H14N+. The van der Waals surface area contributed by atoms with Gasteiger partial charge in [-0.15, -0.1) is 0 Å². The van der Waals surface area contributed by atoms with Crippen LogP contribution >= 0.6 is 0 Å². The molecule has 0 aliphatic rings. The standard InChI is InChI=1S/C18H14N/c1-13-6-7-15-9-11-19-10-8-14-4-2-3-5-16(14)18(19)17(15)12-13/h2-12H,1H3/q+1. The van der Waals surface area contributed by atoms with E-state index >= 15 is 0 Å². The highest BCUT2D eigenvalue weighted by Gasteiger charge is 2.11. The number of aromatic nitrogens is 1. The summed E-state index contributed by atoms with van der Waals surface area (Å²) in [5.41, 5.74) is 2.59. The first-order valence-electron chi connectivity index (χ1n) is 6.55. The molecule has 0 fully saturated rings. The molecule has 19 heavy (non-hydrogen) atoms. The van der Waals surface area contributed by atoms with Crippen LogP contribution in [0.5, 0.6) is 0 Å². The lowest BCUT2D eigenvalue weighted by Crippen LogP contribution is -2.20. The number of hydrogen-bond donors (Lipinski definition) is 0. The van der Waals surface area contributed by atoms with E-state index in [1.165, 1.54) is 32.6 Å². The van der Waals surface area contributed by atoms with Crippen LogP contribution in [0, 0.1) is 6.92 Å². The first-order chi connectivity index (χ1) is 9.33. The van der Waals surface area contributed by atoms with E-state index in [1.807, 2.05) is 0 Å². The molecule has 0 aliphatic carbocycles. The van der Waals surface area contributed by atoms with E-state index in [2.05, 4.69) is 78.3 Å². The summed E-state index contributed by atoms with van der Waals surface area (Å²) in [6.45, 7) is 2.15. The van der Waals surface area contributed by atoms with E-state index in [-0.39, 0.29) is 0 Å². The van der Waals surface area contributed by atoms with Gasteiger partial charge in [0.25, 0.3) is 0 Å². The zero-order chi connectivity index (χ0) is 12.8. The second-order valence-corrected chi connectivity index (χ2v) is 5.07. The van der Waals surface area contributed by atoms with Crippen molar-refractivity contribution in [3.05, 3.63) is 72.6 Å². The van der Waals surface area contributed by atoms with Crippen molar-refractivity contribution in [3.63, 3.8) is 0 Å². The van der Waals surface area contributed by atoms with Crippen molar-refractivity contribution < 1.29 is 4.40 Å². The number of hydrogen-bond acceptors (Lipinski definition) is 0. The molecule has 4 rings (SSSR count). The maximum atomic E-state index is 2.27. The second-order valence-electron chi connectivity index (χ2n) is 5.07. The molecule has 0 aliphatic heterocycles.